The number of carbonyl (C=O) groups is 1. The number of nitrogens with two attached hydrogens (primary N) is 1. The number of rotatable bonds is 8. The second-order valence-corrected chi connectivity index (χ2v) is 4.93. The molecule has 1 aromatic rings. The first-order valence-corrected chi connectivity index (χ1v) is 6.68. The summed E-state index contributed by atoms with van der Waals surface area (Å²) in [6.45, 7) is 3.67. The highest BCUT2D eigenvalue weighted by Crippen LogP contribution is 2.08. The fourth-order valence-corrected chi connectivity index (χ4v) is 1.94. The molecule has 0 spiro atoms. The highest BCUT2D eigenvalue weighted by atomic mass is 16.5. The Morgan fingerprint density at radius 1 is 1.37 bits per heavy atom. The van der Waals surface area contributed by atoms with Crippen molar-refractivity contribution >= 4 is 5.91 Å². The van der Waals surface area contributed by atoms with Crippen molar-refractivity contribution < 1.29 is 9.53 Å². The van der Waals surface area contributed by atoms with Crippen LogP contribution in [0.25, 0.3) is 0 Å². The summed E-state index contributed by atoms with van der Waals surface area (Å²) in [6.07, 6.45) is 0.682. The van der Waals surface area contributed by atoms with Crippen molar-refractivity contribution in [3.63, 3.8) is 0 Å². The van der Waals surface area contributed by atoms with Crippen LogP contribution in [0, 0.1) is 11.8 Å². The second kappa shape index (κ2) is 8.67. The van der Waals surface area contributed by atoms with E-state index in [-0.39, 0.29) is 11.8 Å². The van der Waals surface area contributed by atoms with Gasteiger partial charge in [-0.2, -0.15) is 0 Å². The van der Waals surface area contributed by atoms with Gasteiger partial charge in [-0.15, -0.1) is 0 Å². The van der Waals surface area contributed by atoms with Crippen molar-refractivity contribution in [3.8, 4) is 0 Å². The van der Waals surface area contributed by atoms with Gasteiger partial charge in [0.15, 0.2) is 0 Å². The van der Waals surface area contributed by atoms with E-state index in [1.54, 1.807) is 7.11 Å². The lowest BCUT2D eigenvalue weighted by Crippen LogP contribution is -2.38. The van der Waals surface area contributed by atoms with Crippen LogP contribution < -0.4 is 11.1 Å². The predicted octanol–water partition coefficient (Wildman–Crippen LogP) is 1.20. The molecule has 0 saturated heterocycles. The quantitative estimate of drug-likeness (QED) is 0.741. The Morgan fingerprint density at radius 3 is 2.63 bits per heavy atom. The first-order chi connectivity index (χ1) is 9.17. The molecule has 0 saturated carbocycles. The van der Waals surface area contributed by atoms with E-state index in [4.69, 9.17) is 10.5 Å². The summed E-state index contributed by atoms with van der Waals surface area (Å²) in [6, 6.07) is 9.95. The average molecular weight is 264 g/mol. The number of ether oxygens (including phenoxy) is 1. The first kappa shape index (κ1) is 15.7. The summed E-state index contributed by atoms with van der Waals surface area (Å²) in [5.41, 5.74) is 6.84. The zero-order chi connectivity index (χ0) is 14.1. The second-order valence-electron chi connectivity index (χ2n) is 4.93. The number of amides is 1. The molecule has 0 aliphatic carbocycles. The molecule has 1 amide bonds. The molecule has 2 unspecified atom stereocenters. The number of hydrogen-bond donors (Lipinski definition) is 2. The molecule has 3 N–H and O–H groups in total. The maximum absolute atomic E-state index is 12.1. The molecular formula is C15H24N2O2. The van der Waals surface area contributed by atoms with Gasteiger partial charge < -0.3 is 15.8 Å². The van der Waals surface area contributed by atoms with E-state index in [1.807, 2.05) is 37.3 Å². The van der Waals surface area contributed by atoms with E-state index in [9.17, 15) is 4.79 Å². The van der Waals surface area contributed by atoms with E-state index in [1.165, 1.54) is 0 Å². The molecule has 0 heterocycles. The van der Waals surface area contributed by atoms with Gasteiger partial charge in [0.25, 0.3) is 0 Å². The van der Waals surface area contributed by atoms with Crippen LogP contribution in [0.5, 0.6) is 0 Å². The highest BCUT2D eigenvalue weighted by Gasteiger charge is 2.17. The third kappa shape index (κ3) is 5.85. The number of hydrogen-bond acceptors (Lipinski definition) is 3. The Hall–Kier alpha value is -1.39. The number of nitrogens with one attached hydrogen (secondary N) is 1. The third-order valence-corrected chi connectivity index (χ3v) is 3.06. The van der Waals surface area contributed by atoms with E-state index >= 15 is 0 Å². The Bertz CT molecular complexity index is 368. The highest BCUT2D eigenvalue weighted by molar-refractivity contribution is 5.79. The zero-order valence-corrected chi connectivity index (χ0v) is 11.8. The van der Waals surface area contributed by atoms with E-state index in [0.29, 0.717) is 32.0 Å². The fraction of sp³-hybridized carbons (Fsp3) is 0.533. The summed E-state index contributed by atoms with van der Waals surface area (Å²) >= 11 is 0. The number of carbonyl (C=O) groups excluding carboxylic acids is 1. The molecule has 0 radical (unpaired) electrons. The minimum absolute atomic E-state index is 0.0225. The molecule has 19 heavy (non-hydrogen) atoms. The average Bonchev–Trinajstić information content (AvgIpc) is 2.43. The van der Waals surface area contributed by atoms with Gasteiger partial charge in [0.05, 0.1) is 12.5 Å². The van der Waals surface area contributed by atoms with Crippen molar-refractivity contribution in [3.05, 3.63) is 35.9 Å². The molecule has 0 aliphatic heterocycles. The van der Waals surface area contributed by atoms with Crippen molar-refractivity contribution in [2.45, 2.75) is 13.3 Å². The third-order valence-electron chi connectivity index (χ3n) is 3.06. The first-order valence-electron chi connectivity index (χ1n) is 6.68. The smallest absolute Gasteiger partial charge is 0.224 e. The fourth-order valence-electron chi connectivity index (χ4n) is 1.94. The van der Waals surface area contributed by atoms with E-state index in [2.05, 4.69) is 5.32 Å². The van der Waals surface area contributed by atoms with Gasteiger partial charge >= 0.3 is 0 Å². The Morgan fingerprint density at radius 2 is 2.05 bits per heavy atom. The van der Waals surface area contributed by atoms with Crippen molar-refractivity contribution in [2.24, 2.45) is 17.6 Å². The summed E-state index contributed by atoms with van der Waals surface area (Å²) in [5, 5.41) is 2.94. The largest absolute Gasteiger partial charge is 0.384 e. The normalized spacial score (nSPS) is 13.8. The summed E-state index contributed by atoms with van der Waals surface area (Å²) in [4.78, 5) is 12.1. The molecule has 1 rings (SSSR count). The predicted molar refractivity (Wildman–Crippen MR) is 76.7 cm³/mol. The molecule has 0 aliphatic rings. The Kier molecular flexibility index (Phi) is 7.15. The molecule has 0 bridgehead atoms. The zero-order valence-electron chi connectivity index (χ0n) is 11.8. The van der Waals surface area contributed by atoms with Gasteiger partial charge in [-0.05, 0) is 17.9 Å². The lowest BCUT2D eigenvalue weighted by Gasteiger charge is -2.17. The SMILES string of the molecule is COCC(C)CNC(=O)C(CN)Cc1ccccc1. The Balaban J connectivity index is 2.44. The molecule has 4 heteroatoms. The van der Waals surface area contributed by atoms with Crippen LogP contribution in [0.3, 0.4) is 0 Å². The van der Waals surface area contributed by atoms with Crippen LogP contribution in [-0.2, 0) is 16.0 Å². The van der Waals surface area contributed by atoms with Crippen molar-refractivity contribution in [2.75, 3.05) is 26.8 Å². The monoisotopic (exact) mass is 264 g/mol. The standard InChI is InChI=1S/C15H24N2O2/c1-12(11-19-2)10-17-15(18)14(9-16)8-13-6-4-3-5-7-13/h3-7,12,14H,8-11,16H2,1-2H3,(H,17,18). The lowest BCUT2D eigenvalue weighted by atomic mass is 9.98. The minimum Gasteiger partial charge on any atom is -0.384 e. The number of benzene rings is 1. The van der Waals surface area contributed by atoms with Crippen LogP contribution in [-0.4, -0.2) is 32.7 Å². The molecule has 0 aromatic heterocycles. The van der Waals surface area contributed by atoms with Crippen LogP contribution >= 0.6 is 0 Å². The van der Waals surface area contributed by atoms with E-state index < -0.39 is 0 Å². The van der Waals surface area contributed by atoms with E-state index in [0.717, 1.165) is 5.56 Å². The molecular weight excluding hydrogens is 240 g/mol. The van der Waals surface area contributed by atoms with Crippen LogP contribution in [0.4, 0.5) is 0 Å². The summed E-state index contributed by atoms with van der Waals surface area (Å²) < 4.78 is 5.04. The Labute approximate surface area is 115 Å². The lowest BCUT2D eigenvalue weighted by molar-refractivity contribution is -0.124. The summed E-state index contributed by atoms with van der Waals surface area (Å²) in [5.74, 6) is 0.163. The molecule has 4 nitrogen and oxygen atoms in total. The summed E-state index contributed by atoms with van der Waals surface area (Å²) in [7, 11) is 1.66. The van der Waals surface area contributed by atoms with Gasteiger partial charge in [0.2, 0.25) is 5.91 Å². The van der Waals surface area contributed by atoms with Gasteiger partial charge in [0.1, 0.15) is 0 Å². The molecule has 2 atom stereocenters. The van der Waals surface area contributed by atoms with Crippen LogP contribution in [0.2, 0.25) is 0 Å². The minimum atomic E-state index is -0.169. The maximum atomic E-state index is 12.1. The van der Waals surface area contributed by atoms with Crippen molar-refractivity contribution in [1.82, 2.24) is 5.32 Å². The van der Waals surface area contributed by atoms with Gasteiger partial charge in [0, 0.05) is 20.2 Å². The molecule has 0 fully saturated rings. The maximum Gasteiger partial charge on any atom is 0.224 e. The van der Waals surface area contributed by atoms with Crippen LogP contribution in [0.15, 0.2) is 30.3 Å². The number of methoxy groups -OCH3 is 1. The molecule has 1 aromatic carbocycles. The van der Waals surface area contributed by atoms with Crippen molar-refractivity contribution in [1.29, 1.82) is 0 Å². The van der Waals surface area contributed by atoms with Gasteiger partial charge in [-0.1, -0.05) is 37.3 Å². The van der Waals surface area contributed by atoms with Crippen LogP contribution in [0.1, 0.15) is 12.5 Å². The molecule has 106 valence electrons. The van der Waals surface area contributed by atoms with Gasteiger partial charge in [-0.25, -0.2) is 0 Å². The van der Waals surface area contributed by atoms with Gasteiger partial charge in [-0.3, -0.25) is 4.79 Å². The topological polar surface area (TPSA) is 64.3 Å².